The summed E-state index contributed by atoms with van der Waals surface area (Å²) in [6.45, 7) is 7.29. The lowest BCUT2D eigenvalue weighted by molar-refractivity contribution is 0.480. The fourth-order valence-corrected chi connectivity index (χ4v) is 2.25. The minimum Gasteiger partial charge on any atom is -0.368 e. The lowest BCUT2D eigenvalue weighted by Crippen LogP contribution is -2.09. The van der Waals surface area contributed by atoms with Crippen LogP contribution in [0.25, 0.3) is 11.2 Å². The Hall–Kier alpha value is -1.85. The molecule has 0 saturated heterocycles. The zero-order chi connectivity index (χ0) is 13.8. The number of imidazole rings is 1. The molecule has 0 aromatic carbocycles. The van der Waals surface area contributed by atoms with Gasteiger partial charge in [-0.15, -0.1) is 0 Å². The summed E-state index contributed by atoms with van der Waals surface area (Å²) in [7, 11) is 0. The van der Waals surface area contributed by atoms with Gasteiger partial charge in [0, 0.05) is 12.6 Å². The van der Waals surface area contributed by atoms with Crippen LogP contribution in [-0.2, 0) is 0 Å². The number of fused-ring (bicyclic) bond motifs is 1. The third-order valence-corrected chi connectivity index (χ3v) is 3.32. The number of anilines is 2. The van der Waals surface area contributed by atoms with E-state index < -0.39 is 0 Å². The first-order valence-electron chi connectivity index (χ1n) is 6.95. The molecule has 2 heterocycles. The van der Waals surface area contributed by atoms with Gasteiger partial charge in [-0.2, -0.15) is 9.97 Å². The predicted molar refractivity (Wildman–Crippen MR) is 78.1 cm³/mol. The van der Waals surface area contributed by atoms with Gasteiger partial charge in [-0.3, -0.25) is 0 Å². The van der Waals surface area contributed by atoms with Crippen LogP contribution in [0.4, 0.5) is 11.8 Å². The van der Waals surface area contributed by atoms with Gasteiger partial charge in [-0.05, 0) is 19.3 Å². The van der Waals surface area contributed by atoms with Gasteiger partial charge in [0.25, 0.3) is 0 Å². The van der Waals surface area contributed by atoms with Crippen molar-refractivity contribution in [2.45, 2.75) is 46.1 Å². The number of hydrogen-bond acceptors (Lipinski definition) is 5. The van der Waals surface area contributed by atoms with E-state index in [0.717, 1.165) is 42.8 Å². The van der Waals surface area contributed by atoms with E-state index in [9.17, 15) is 0 Å². The maximum Gasteiger partial charge on any atom is 0.224 e. The Morgan fingerprint density at radius 1 is 1.26 bits per heavy atom. The predicted octanol–water partition coefficient (Wildman–Crippen LogP) is 2.59. The maximum absolute atomic E-state index is 5.80. The van der Waals surface area contributed by atoms with Crippen LogP contribution in [0.15, 0.2) is 6.33 Å². The van der Waals surface area contributed by atoms with E-state index in [1.165, 1.54) is 0 Å². The Morgan fingerprint density at radius 2 is 2.00 bits per heavy atom. The Morgan fingerprint density at radius 3 is 2.63 bits per heavy atom. The van der Waals surface area contributed by atoms with Gasteiger partial charge in [0.15, 0.2) is 17.0 Å². The summed E-state index contributed by atoms with van der Waals surface area (Å²) in [6.07, 6.45) is 4.96. The highest BCUT2D eigenvalue weighted by molar-refractivity contribution is 5.84. The standard InChI is InChI=1S/C13H22N6/c1-4-7-15-11-10-12(18-13(14)17-11)19(8-16-10)9(5-2)6-3/h8-9H,4-7H2,1-3H3,(H3,14,15,17,18). The van der Waals surface area contributed by atoms with Crippen LogP contribution < -0.4 is 11.1 Å². The zero-order valence-corrected chi connectivity index (χ0v) is 11.8. The van der Waals surface area contributed by atoms with Gasteiger partial charge in [-0.25, -0.2) is 4.98 Å². The molecule has 0 spiro atoms. The largest absolute Gasteiger partial charge is 0.368 e. The van der Waals surface area contributed by atoms with E-state index in [4.69, 9.17) is 5.73 Å². The molecular formula is C13H22N6. The Balaban J connectivity index is 2.50. The molecule has 3 N–H and O–H groups in total. The van der Waals surface area contributed by atoms with Crippen molar-refractivity contribution in [3.63, 3.8) is 0 Å². The van der Waals surface area contributed by atoms with Gasteiger partial charge in [0.2, 0.25) is 5.95 Å². The molecular weight excluding hydrogens is 240 g/mol. The van der Waals surface area contributed by atoms with Crippen LogP contribution in [-0.4, -0.2) is 26.1 Å². The van der Waals surface area contributed by atoms with Gasteiger partial charge in [-0.1, -0.05) is 20.8 Å². The Labute approximate surface area is 113 Å². The van der Waals surface area contributed by atoms with Crippen LogP contribution in [0.1, 0.15) is 46.1 Å². The fourth-order valence-electron chi connectivity index (χ4n) is 2.25. The summed E-state index contributed by atoms with van der Waals surface area (Å²) >= 11 is 0. The summed E-state index contributed by atoms with van der Waals surface area (Å²) in [5, 5.41) is 3.26. The van der Waals surface area contributed by atoms with Crippen molar-refractivity contribution in [3.05, 3.63) is 6.33 Å². The average Bonchev–Trinajstić information content (AvgIpc) is 2.81. The van der Waals surface area contributed by atoms with Crippen LogP contribution in [0.3, 0.4) is 0 Å². The summed E-state index contributed by atoms with van der Waals surface area (Å²) in [5.41, 5.74) is 7.42. The number of rotatable bonds is 6. The molecule has 0 atom stereocenters. The third kappa shape index (κ3) is 2.62. The average molecular weight is 262 g/mol. The molecule has 2 aromatic heterocycles. The summed E-state index contributed by atoms with van der Waals surface area (Å²) in [5.74, 6) is 1.02. The van der Waals surface area contributed by atoms with Crippen LogP contribution in [0.2, 0.25) is 0 Å². The fraction of sp³-hybridized carbons (Fsp3) is 0.615. The number of nitrogens with zero attached hydrogens (tertiary/aromatic N) is 4. The molecule has 2 rings (SSSR count). The lowest BCUT2D eigenvalue weighted by Gasteiger charge is -2.15. The highest BCUT2D eigenvalue weighted by Crippen LogP contribution is 2.25. The maximum atomic E-state index is 5.80. The molecule has 6 heteroatoms. The van der Waals surface area contributed by atoms with Crippen molar-refractivity contribution in [2.24, 2.45) is 0 Å². The highest BCUT2D eigenvalue weighted by atomic mass is 15.2. The van der Waals surface area contributed by atoms with E-state index >= 15 is 0 Å². The van der Waals surface area contributed by atoms with Crippen LogP contribution in [0, 0.1) is 0 Å². The number of hydrogen-bond donors (Lipinski definition) is 2. The van der Waals surface area contributed by atoms with E-state index in [1.54, 1.807) is 0 Å². The summed E-state index contributed by atoms with van der Waals surface area (Å²) in [4.78, 5) is 13.0. The quantitative estimate of drug-likeness (QED) is 0.836. The molecule has 0 aliphatic rings. The van der Waals surface area contributed by atoms with Gasteiger partial charge in [0.05, 0.1) is 6.33 Å². The highest BCUT2D eigenvalue weighted by Gasteiger charge is 2.15. The molecule has 0 radical (unpaired) electrons. The molecule has 104 valence electrons. The van der Waals surface area contributed by atoms with Crippen molar-refractivity contribution >= 4 is 22.9 Å². The zero-order valence-electron chi connectivity index (χ0n) is 11.8. The van der Waals surface area contributed by atoms with E-state index in [1.807, 2.05) is 6.33 Å². The van der Waals surface area contributed by atoms with Gasteiger partial charge >= 0.3 is 0 Å². The van der Waals surface area contributed by atoms with Crippen molar-refractivity contribution in [3.8, 4) is 0 Å². The molecule has 2 aromatic rings. The topological polar surface area (TPSA) is 81.7 Å². The van der Waals surface area contributed by atoms with Gasteiger partial charge in [0.1, 0.15) is 0 Å². The number of aromatic nitrogens is 4. The number of nitrogen functional groups attached to an aromatic ring is 1. The van der Waals surface area contributed by atoms with Crippen molar-refractivity contribution in [1.29, 1.82) is 0 Å². The third-order valence-electron chi connectivity index (χ3n) is 3.32. The monoisotopic (exact) mass is 262 g/mol. The lowest BCUT2D eigenvalue weighted by atomic mass is 10.2. The molecule has 0 saturated carbocycles. The SMILES string of the molecule is CCCNc1nc(N)nc2c1ncn2C(CC)CC. The summed E-state index contributed by atoms with van der Waals surface area (Å²) in [6, 6.07) is 0.401. The molecule has 19 heavy (non-hydrogen) atoms. The van der Waals surface area contributed by atoms with E-state index in [2.05, 4.69) is 45.6 Å². The molecule has 0 bridgehead atoms. The van der Waals surface area contributed by atoms with Crippen molar-refractivity contribution < 1.29 is 0 Å². The Kier molecular flexibility index (Phi) is 4.19. The first-order chi connectivity index (χ1) is 9.21. The van der Waals surface area contributed by atoms with Gasteiger partial charge < -0.3 is 15.6 Å². The second kappa shape index (κ2) is 5.86. The number of nitrogens with one attached hydrogen (secondary N) is 1. The minimum atomic E-state index is 0.291. The molecule has 6 nitrogen and oxygen atoms in total. The van der Waals surface area contributed by atoms with Crippen molar-refractivity contribution in [1.82, 2.24) is 19.5 Å². The Bertz CT molecular complexity index is 543. The summed E-state index contributed by atoms with van der Waals surface area (Å²) < 4.78 is 2.10. The van der Waals surface area contributed by atoms with E-state index in [0.29, 0.717) is 12.0 Å². The van der Waals surface area contributed by atoms with Crippen LogP contribution in [0.5, 0.6) is 0 Å². The molecule has 0 fully saturated rings. The second-order valence-electron chi connectivity index (χ2n) is 4.65. The molecule has 0 aliphatic carbocycles. The number of nitrogens with two attached hydrogens (primary N) is 1. The van der Waals surface area contributed by atoms with E-state index in [-0.39, 0.29) is 0 Å². The smallest absolute Gasteiger partial charge is 0.224 e. The van der Waals surface area contributed by atoms with Crippen molar-refractivity contribution in [2.75, 3.05) is 17.6 Å². The first-order valence-corrected chi connectivity index (χ1v) is 6.95. The second-order valence-corrected chi connectivity index (χ2v) is 4.65. The normalized spacial score (nSPS) is 11.4. The van der Waals surface area contributed by atoms with Crippen LogP contribution >= 0.6 is 0 Å². The molecule has 0 unspecified atom stereocenters. The minimum absolute atomic E-state index is 0.291. The molecule has 0 aliphatic heterocycles. The molecule has 0 amide bonds. The first kappa shape index (κ1) is 13.6.